The molecule has 0 heterocycles. The van der Waals surface area contributed by atoms with Crippen molar-refractivity contribution in [3.63, 3.8) is 0 Å². The highest BCUT2D eigenvalue weighted by molar-refractivity contribution is 6.81. The topological polar surface area (TPSA) is 41.1 Å². The van der Waals surface area contributed by atoms with E-state index < -0.39 is 8.07 Å². The van der Waals surface area contributed by atoms with Crippen molar-refractivity contribution in [2.75, 3.05) is 6.54 Å². The molecule has 0 bridgehead atoms. The summed E-state index contributed by atoms with van der Waals surface area (Å²) in [5.74, 6) is 0. The van der Waals surface area contributed by atoms with Crippen LogP contribution in [0.4, 0.5) is 4.79 Å². The van der Waals surface area contributed by atoms with Crippen LogP contribution < -0.4 is 10.6 Å². The van der Waals surface area contributed by atoms with Gasteiger partial charge in [0.05, 0.1) is 8.07 Å². The lowest BCUT2D eigenvalue weighted by Crippen LogP contribution is -2.38. The van der Waals surface area contributed by atoms with E-state index >= 15 is 0 Å². The number of rotatable bonds is 12. The molecule has 0 fully saturated rings. The first-order valence-corrected chi connectivity index (χ1v) is 12.5. The van der Waals surface area contributed by atoms with Gasteiger partial charge in [0, 0.05) is 13.1 Å². The molecule has 0 spiro atoms. The number of nitrogens with one attached hydrogen (secondary N) is 2. The molecule has 0 aromatic heterocycles. The Labute approximate surface area is 166 Å². The fourth-order valence-corrected chi connectivity index (χ4v) is 9.55. The molecule has 1 rings (SSSR count). The minimum Gasteiger partial charge on any atom is -0.338 e. The van der Waals surface area contributed by atoms with Gasteiger partial charge >= 0.3 is 6.03 Å². The maximum atomic E-state index is 12.0. The van der Waals surface area contributed by atoms with Gasteiger partial charge in [-0.15, -0.1) is 19.7 Å². The molecule has 148 valence electrons. The van der Waals surface area contributed by atoms with E-state index in [-0.39, 0.29) is 6.03 Å². The average molecular weight is 385 g/mol. The number of hydrogen-bond donors (Lipinski definition) is 2. The van der Waals surface area contributed by atoms with Crippen LogP contribution in [-0.2, 0) is 6.54 Å². The first kappa shape index (κ1) is 23.0. The van der Waals surface area contributed by atoms with Gasteiger partial charge < -0.3 is 10.6 Å². The largest absolute Gasteiger partial charge is 0.338 e. The highest BCUT2D eigenvalue weighted by Crippen LogP contribution is 2.34. The van der Waals surface area contributed by atoms with E-state index in [9.17, 15) is 4.79 Å². The first-order valence-electron chi connectivity index (χ1n) is 9.71. The van der Waals surface area contributed by atoms with E-state index in [1.807, 2.05) is 30.3 Å². The molecule has 0 aliphatic rings. The fraction of sp³-hybridized carbons (Fsp3) is 0.435. The highest BCUT2D eigenvalue weighted by Gasteiger charge is 2.32. The predicted molar refractivity (Wildman–Crippen MR) is 121 cm³/mol. The molecule has 2 amide bonds. The average Bonchev–Trinajstić information content (AvgIpc) is 2.56. The van der Waals surface area contributed by atoms with Crippen molar-refractivity contribution in [3.8, 4) is 0 Å². The molecule has 3 nitrogen and oxygen atoms in total. The quantitative estimate of drug-likeness (QED) is 0.257. The third kappa shape index (κ3) is 9.99. The summed E-state index contributed by atoms with van der Waals surface area (Å²) in [5, 5.41) is 5.90. The van der Waals surface area contributed by atoms with Crippen molar-refractivity contribution in [1.82, 2.24) is 10.6 Å². The fourth-order valence-electron chi connectivity index (χ4n) is 3.88. The Hall–Kier alpha value is -2.07. The summed E-state index contributed by atoms with van der Waals surface area (Å²) < 4.78 is 0. The van der Waals surface area contributed by atoms with E-state index in [4.69, 9.17) is 0 Å². The third-order valence-corrected chi connectivity index (χ3v) is 9.97. The number of allylic oxidation sites excluding steroid dienone is 3. The molecule has 0 saturated carbocycles. The Morgan fingerprint density at radius 3 is 1.89 bits per heavy atom. The van der Waals surface area contributed by atoms with E-state index in [1.54, 1.807) is 0 Å². The standard InChI is InChI=1S/C23H36N2OSi/c1-19(2)16-27(17-20(3)4,18-21(5)6)14-10-13-24-23(26)25-15-22-11-8-7-9-12-22/h7-9,11-12H,1,3,5,10,13-18H2,2,4,6H3,(H2,24,25,26). The van der Waals surface area contributed by atoms with Crippen LogP contribution in [0.2, 0.25) is 24.2 Å². The highest BCUT2D eigenvalue weighted by atomic mass is 28.3. The molecule has 0 saturated heterocycles. The van der Waals surface area contributed by atoms with E-state index in [1.165, 1.54) is 16.7 Å². The molecule has 0 atom stereocenters. The summed E-state index contributed by atoms with van der Waals surface area (Å²) in [4.78, 5) is 12.0. The van der Waals surface area contributed by atoms with Crippen LogP contribution in [0.1, 0.15) is 32.8 Å². The smallest absolute Gasteiger partial charge is 0.315 e. The molecule has 0 aliphatic heterocycles. The van der Waals surface area contributed by atoms with Crippen molar-refractivity contribution in [3.05, 3.63) is 72.4 Å². The maximum Gasteiger partial charge on any atom is 0.315 e. The van der Waals surface area contributed by atoms with Gasteiger partial charge in [-0.2, -0.15) is 0 Å². The van der Waals surface area contributed by atoms with Gasteiger partial charge in [0.2, 0.25) is 0 Å². The molecular weight excluding hydrogens is 348 g/mol. The summed E-state index contributed by atoms with van der Waals surface area (Å²) >= 11 is 0. The summed E-state index contributed by atoms with van der Waals surface area (Å²) in [6.45, 7) is 20.1. The van der Waals surface area contributed by atoms with Crippen LogP contribution in [-0.4, -0.2) is 20.6 Å². The van der Waals surface area contributed by atoms with Crippen LogP contribution >= 0.6 is 0 Å². The van der Waals surface area contributed by atoms with E-state index in [0.29, 0.717) is 13.1 Å². The SMILES string of the molecule is C=C(C)C[Si](CCCNC(=O)NCc1ccccc1)(CC(=C)C)CC(=C)C. The molecule has 0 unspecified atom stereocenters. The zero-order valence-corrected chi connectivity index (χ0v) is 18.4. The van der Waals surface area contributed by atoms with Gasteiger partial charge in [-0.1, -0.05) is 53.1 Å². The van der Waals surface area contributed by atoms with Crippen molar-refractivity contribution in [1.29, 1.82) is 0 Å². The van der Waals surface area contributed by atoms with Gasteiger partial charge in [-0.25, -0.2) is 4.79 Å². The van der Waals surface area contributed by atoms with Gasteiger partial charge in [-0.3, -0.25) is 0 Å². The van der Waals surface area contributed by atoms with Crippen LogP contribution in [0.15, 0.2) is 66.8 Å². The minimum atomic E-state index is -1.60. The second kappa shape index (κ2) is 11.6. The van der Waals surface area contributed by atoms with Crippen molar-refractivity contribution in [2.45, 2.75) is 57.9 Å². The Balaban J connectivity index is 2.51. The van der Waals surface area contributed by atoms with Crippen molar-refractivity contribution < 1.29 is 4.79 Å². The zero-order valence-electron chi connectivity index (χ0n) is 17.4. The maximum absolute atomic E-state index is 12.0. The molecule has 1 aromatic carbocycles. The lowest BCUT2D eigenvalue weighted by atomic mass is 10.2. The number of amides is 2. The zero-order chi connectivity index (χ0) is 20.3. The Kier molecular flexibility index (Phi) is 9.87. The summed E-state index contributed by atoms with van der Waals surface area (Å²) in [6.07, 6.45) is 0.985. The minimum absolute atomic E-state index is 0.106. The summed E-state index contributed by atoms with van der Waals surface area (Å²) in [5.41, 5.74) is 4.84. The van der Waals surface area contributed by atoms with Crippen molar-refractivity contribution >= 4 is 14.1 Å². The second-order valence-electron chi connectivity index (χ2n) is 8.10. The molecule has 0 aliphatic carbocycles. The van der Waals surface area contributed by atoms with Gasteiger partial charge in [0.1, 0.15) is 0 Å². The van der Waals surface area contributed by atoms with Gasteiger partial charge in [0.15, 0.2) is 0 Å². The summed E-state index contributed by atoms with van der Waals surface area (Å²) in [7, 11) is -1.60. The number of urea groups is 1. The lowest BCUT2D eigenvalue weighted by molar-refractivity contribution is 0.240. The molecular formula is C23H36N2OSi. The van der Waals surface area contributed by atoms with Crippen LogP contribution in [0.25, 0.3) is 0 Å². The molecule has 27 heavy (non-hydrogen) atoms. The van der Waals surface area contributed by atoms with Crippen LogP contribution in [0.5, 0.6) is 0 Å². The van der Waals surface area contributed by atoms with Crippen LogP contribution in [0.3, 0.4) is 0 Å². The monoisotopic (exact) mass is 384 g/mol. The first-order chi connectivity index (χ1) is 12.7. The molecule has 1 aromatic rings. The van der Waals surface area contributed by atoms with Crippen molar-refractivity contribution in [2.24, 2.45) is 0 Å². The molecule has 0 radical (unpaired) electrons. The number of carbonyl (C=O) groups is 1. The Morgan fingerprint density at radius 1 is 0.889 bits per heavy atom. The molecule has 4 heteroatoms. The normalized spacial score (nSPS) is 10.9. The second-order valence-corrected chi connectivity index (χ2v) is 12.7. The van der Waals surface area contributed by atoms with E-state index in [0.717, 1.165) is 36.2 Å². The number of benzene rings is 1. The lowest BCUT2D eigenvalue weighted by Gasteiger charge is -2.33. The predicted octanol–water partition coefficient (Wildman–Crippen LogP) is 6.05. The number of hydrogen-bond acceptors (Lipinski definition) is 1. The Bertz CT molecular complexity index is 611. The summed E-state index contributed by atoms with van der Waals surface area (Å²) in [6, 6.07) is 14.3. The molecule has 2 N–H and O–H groups in total. The number of carbonyl (C=O) groups excluding carboxylic acids is 1. The third-order valence-electron chi connectivity index (χ3n) is 4.50. The van der Waals surface area contributed by atoms with E-state index in [2.05, 4.69) is 51.1 Å². The Morgan fingerprint density at radius 2 is 1.41 bits per heavy atom. The van der Waals surface area contributed by atoms with Crippen LogP contribution in [0, 0.1) is 0 Å². The van der Waals surface area contributed by atoms with Gasteiger partial charge in [0.25, 0.3) is 0 Å². The van der Waals surface area contributed by atoms with Gasteiger partial charge in [-0.05, 0) is 50.9 Å².